The van der Waals surface area contributed by atoms with Gasteiger partial charge < -0.3 is 4.74 Å². The quantitative estimate of drug-likeness (QED) is 0.742. The van der Waals surface area contributed by atoms with Gasteiger partial charge in [0.05, 0.1) is 17.8 Å². The standard InChI is InChI=1S/C7H5Cl4NO/c1-13-5-3-2-4(12(10)11)6(8)7(5)9/h2-3H,1H3. The molecule has 0 aliphatic rings. The van der Waals surface area contributed by atoms with Gasteiger partial charge in [-0.2, -0.15) is 3.94 Å². The highest BCUT2D eigenvalue weighted by Crippen LogP contribution is 2.40. The predicted octanol–water partition coefficient (Wildman–Crippen LogP) is 4.12. The van der Waals surface area contributed by atoms with Crippen molar-refractivity contribution in [2.75, 3.05) is 11.0 Å². The molecule has 1 aromatic rings. The van der Waals surface area contributed by atoms with Crippen LogP contribution in [0.1, 0.15) is 0 Å². The Balaban J connectivity index is 3.23. The summed E-state index contributed by atoms with van der Waals surface area (Å²) in [7, 11) is 1.50. The first-order valence-electron chi connectivity index (χ1n) is 3.21. The van der Waals surface area contributed by atoms with Crippen LogP contribution in [0.2, 0.25) is 10.0 Å². The number of halogens is 4. The van der Waals surface area contributed by atoms with Gasteiger partial charge in [0.2, 0.25) is 0 Å². The number of hydrogen-bond donors (Lipinski definition) is 0. The number of methoxy groups -OCH3 is 1. The molecule has 0 saturated carbocycles. The lowest BCUT2D eigenvalue weighted by molar-refractivity contribution is 0.415. The normalized spacial score (nSPS) is 9.92. The minimum absolute atomic E-state index is 0.256. The largest absolute Gasteiger partial charge is 0.495 e. The maximum absolute atomic E-state index is 5.85. The van der Waals surface area contributed by atoms with Gasteiger partial charge in [0.25, 0.3) is 0 Å². The number of hydrogen-bond acceptors (Lipinski definition) is 2. The molecule has 0 aliphatic carbocycles. The van der Waals surface area contributed by atoms with Crippen LogP contribution in [0.25, 0.3) is 0 Å². The summed E-state index contributed by atoms with van der Waals surface area (Å²) < 4.78 is 5.78. The summed E-state index contributed by atoms with van der Waals surface area (Å²) in [6, 6.07) is 3.23. The second-order valence-corrected chi connectivity index (χ2v) is 3.75. The first-order valence-corrected chi connectivity index (χ1v) is 4.64. The monoisotopic (exact) mass is 259 g/mol. The molecule has 0 spiro atoms. The molecular weight excluding hydrogens is 256 g/mol. The smallest absolute Gasteiger partial charge is 0.139 e. The van der Waals surface area contributed by atoms with Gasteiger partial charge in [-0.05, 0) is 12.1 Å². The summed E-state index contributed by atoms with van der Waals surface area (Å²) in [4.78, 5) is 0. The van der Waals surface area contributed by atoms with Crippen molar-refractivity contribution in [2.24, 2.45) is 0 Å². The van der Waals surface area contributed by atoms with Gasteiger partial charge in [0.15, 0.2) is 0 Å². The molecule has 0 N–H and O–H groups in total. The van der Waals surface area contributed by atoms with E-state index in [-0.39, 0.29) is 10.0 Å². The van der Waals surface area contributed by atoms with Crippen molar-refractivity contribution in [1.29, 1.82) is 0 Å². The van der Waals surface area contributed by atoms with Crippen LogP contribution >= 0.6 is 46.8 Å². The van der Waals surface area contributed by atoms with Crippen LogP contribution in [0, 0.1) is 0 Å². The van der Waals surface area contributed by atoms with Gasteiger partial charge in [-0.15, -0.1) is 0 Å². The molecule has 0 radical (unpaired) electrons. The van der Waals surface area contributed by atoms with Crippen molar-refractivity contribution in [3.05, 3.63) is 22.2 Å². The van der Waals surface area contributed by atoms with Crippen molar-refractivity contribution in [3.63, 3.8) is 0 Å². The summed E-state index contributed by atoms with van der Waals surface area (Å²) in [6.07, 6.45) is 0. The Morgan fingerprint density at radius 1 is 1.15 bits per heavy atom. The Kier molecular flexibility index (Phi) is 3.80. The summed E-state index contributed by atoms with van der Waals surface area (Å²) in [6.45, 7) is 0. The molecule has 0 atom stereocenters. The third-order valence-electron chi connectivity index (χ3n) is 1.43. The van der Waals surface area contributed by atoms with Crippen LogP contribution in [-0.2, 0) is 0 Å². The van der Waals surface area contributed by atoms with Crippen molar-refractivity contribution in [1.82, 2.24) is 0 Å². The molecule has 0 aromatic heterocycles. The van der Waals surface area contributed by atoms with E-state index < -0.39 is 0 Å². The van der Waals surface area contributed by atoms with E-state index in [2.05, 4.69) is 0 Å². The third kappa shape index (κ3) is 2.26. The van der Waals surface area contributed by atoms with Gasteiger partial charge in [-0.3, -0.25) is 0 Å². The van der Waals surface area contributed by atoms with Crippen LogP contribution in [0.3, 0.4) is 0 Å². The summed E-state index contributed by atoms with van der Waals surface area (Å²) >= 11 is 22.7. The number of ether oxygens (including phenoxy) is 1. The second-order valence-electron chi connectivity index (χ2n) is 2.15. The molecule has 6 heteroatoms. The molecular formula is C7H5Cl4NO. The van der Waals surface area contributed by atoms with Crippen LogP contribution in [0.15, 0.2) is 12.1 Å². The maximum atomic E-state index is 5.85. The van der Waals surface area contributed by atoms with Gasteiger partial charge in [0.1, 0.15) is 10.8 Å². The van der Waals surface area contributed by atoms with Crippen LogP contribution < -0.4 is 8.67 Å². The molecule has 72 valence electrons. The highest BCUT2D eigenvalue weighted by Gasteiger charge is 2.13. The molecule has 0 unspecified atom stereocenters. The summed E-state index contributed by atoms with van der Waals surface area (Å²) in [5.74, 6) is 0.477. The van der Waals surface area contributed by atoms with E-state index in [1.54, 1.807) is 12.1 Å². The number of rotatable bonds is 2. The van der Waals surface area contributed by atoms with E-state index in [4.69, 9.17) is 51.5 Å². The molecule has 0 heterocycles. The fourth-order valence-corrected chi connectivity index (χ4v) is 1.66. The summed E-state index contributed by atoms with van der Waals surface area (Å²) in [5, 5.41) is 0.541. The molecule has 13 heavy (non-hydrogen) atoms. The maximum Gasteiger partial charge on any atom is 0.139 e. The van der Waals surface area contributed by atoms with Gasteiger partial charge in [-0.25, -0.2) is 0 Å². The molecule has 1 aromatic carbocycles. The van der Waals surface area contributed by atoms with Gasteiger partial charge in [-0.1, -0.05) is 23.2 Å². The van der Waals surface area contributed by atoms with Crippen molar-refractivity contribution in [2.45, 2.75) is 0 Å². The number of benzene rings is 1. The minimum Gasteiger partial charge on any atom is -0.495 e. The minimum atomic E-state index is 0.256. The Labute approximate surface area is 96.1 Å². The van der Waals surface area contributed by atoms with Gasteiger partial charge in [0, 0.05) is 23.6 Å². The topological polar surface area (TPSA) is 12.5 Å². The average molecular weight is 261 g/mol. The zero-order chi connectivity index (χ0) is 10.0. The molecule has 2 nitrogen and oxygen atoms in total. The Hall–Kier alpha value is -0.0200. The van der Waals surface area contributed by atoms with E-state index in [1.807, 2.05) is 0 Å². The van der Waals surface area contributed by atoms with Crippen LogP contribution in [0.5, 0.6) is 5.75 Å². The zero-order valence-electron chi connectivity index (χ0n) is 6.52. The highest BCUT2D eigenvalue weighted by molar-refractivity contribution is 6.52. The molecule has 0 fully saturated rings. The summed E-state index contributed by atoms with van der Waals surface area (Å²) in [5.41, 5.74) is 0.413. The number of nitrogens with zero attached hydrogens (tertiary/aromatic N) is 1. The first kappa shape index (κ1) is 11.1. The molecule has 0 saturated heterocycles. The lowest BCUT2D eigenvalue weighted by Gasteiger charge is -2.11. The van der Waals surface area contributed by atoms with E-state index in [9.17, 15) is 0 Å². The zero-order valence-corrected chi connectivity index (χ0v) is 9.55. The van der Waals surface area contributed by atoms with Gasteiger partial charge >= 0.3 is 0 Å². The van der Waals surface area contributed by atoms with Crippen molar-refractivity contribution < 1.29 is 4.74 Å². The highest BCUT2D eigenvalue weighted by atomic mass is 35.5. The van der Waals surface area contributed by atoms with Crippen LogP contribution in [0.4, 0.5) is 5.69 Å². The average Bonchev–Trinajstić information content (AvgIpc) is 2.09. The predicted molar refractivity (Wildman–Crippen MR) is 57.2 cm³/mol. The van der Waals surface area contributed by atoms with E-state index in [0.717, 1.165) is 3.94 Å². The Morgan fingerprint density at radius 3 is 2.23 bits per heavy atom. The van der Waals surface area contributed by atoms with Crippen molar-refractivity contribution >= 4 is 52.4 Å². The lowest BCUT2D eigenvalue weighted by Crippen LogP contribution is -1.94. The fraction of sp³-hybridized carbons (Fsp3) is 0.143. The second kappa shape index (κ2) is 4.47. The van der Waals surface area contributed by atoms with Crippen LogP contribution in [-0.4, -0.2) is 7.11 Å². The Morgan fingerprint density at radius 2 is 1.77 bits per heavy atom. The molecule has 0 aliphatic heterocycles. The van der Waals surface area contributed by atoms with E-state index in [0.29, 0.717) is 11.4 Å². The first-order chi connectivity index (χ1) is 6.07. The molecule has 0 bridgehead atoms. The third-order valence-corrected chi connectivity index (χ3v) is 2.65. The molecule has 0 amide bonds. The molecule has 1 rings (SSSR count). The Bertz CT molecular complexity index is 316. The lowest BCUT2D eigenvalue weighted by atomic mass is 10.3. The SMILES string of the molecule is COc1ccc(N(Cl)Cl)c(Cl)c1Cl. The van der Waals surface area contributed by atoms with E-state index >= 15 is 0 Å². The number of anilines is 1. The fourth-order valence-electron chi connectivity index (χ4n) is 0.810. The van der Waals surface area contributed by atoms with E-state index in [1.165, 1.54) is 7.11 Å². The van der Waals surface area contributed by atoms with Crippen molar-refractivity contribution in [3.8, 4) is 5.75 Å².